The third kappa shape index (κ3) is 4.12. The summed E-state index contributed by atoms with van der Waals surface area (Å²) in [5.41, 5.74) is 1.49. The molecule has 4 nitrogen and oxygen atoms in total. The topological polar surface area (TPSA) is 52.1 Å². The number of rotatable bonds is 4. The molecule has 1 atom stereocenters. The number of hydrogen-bond donors (Lipinski definition) is 0. The molecule has 1 aromatic carbocycles. The molecule has 0 amide bonds. The second-order valence-electron chi connectivity index (χ2n) is 6.73. The van der Waals surface area contributed by atoms with Crippen LogP contribution in [0.1, 0.15) is 52.8 Å². The molecule has 0 fully saturated rings. The highest BCUT2D eigenvalue weighted by atomic mass is 32.1. The second kappa shape index (κ2) is 7.15. The van der Waals surface area contributed by atoms with Crippen LogP contribution >= 0.6 is 11.3 Å². The zero-order valence-electron chi connectivity index (χ0n) is 14.5. The SMILES string of the molecule is CC(C)(C)c1ncc(C(=O)OC(c2ccccc2)c2ccccn2)s1. The monoisotopic (exact) mass is 352 g/mol. The molecule has 0 aliphatic heterocycles. The zero-order chi connectivity index (χ0) is 17.9. The predicted molar refractivity (Wildman–Crippen MR) is 98.8 cm³/mol. The van der Waals surface area contributed by atoms with Crippen molar-refractivity contribution < 1.29 is 9.53 Å². The van der Waals surface area contributed by atoms with E-state index in [4.69, 9.17) is 4.74 Å². The molecule has 0 spiro atoms. The molecular formula is C20H20N2O2S. The van der Waals surface area contributed by atoms with Crippen molar-refractivity contribution in [2.45, 2.75) is 32.3 Å². The molecule has 3 rings (SSSR count). The summed E-state index contributed by atoms with van der Waals surface area (Å²) >= 11 is 1.37. The highest BCUT2D eigenvalue weighted by molar-refractivity contribution is 7.13. The third-order valence-electron chi connectivity index (χ3n) is 3.63. The summed E-state index contributed by atoms with van der Waals surface area (Å²) in [5.74, 6) is -0.382. The maximum atomic E-state index is 12.7. The van der Waals surface area contributed by atoms with E-state index >= 15 is 0 Å². The van der Waals surface area contributed by atoms with Crippen molar-refractivity contribution in [1.29, 1.82) is 0 Å². The molecule has 5 heteroatoms. The molecule has 0 saturated heterocycles. The molecule has 0 saturated carbocycles. The number of hydrogen-bond acceptors (Lipinski definition) is 5. The Bertz CT molecular complexity index is 799. The van der Waals surface area contributed by atoms with Crippen LogP contribution < -0.4 is 0 Å². The summed E-state index contributed by atoms with van der Waals surface area (Å²) in [6, 6.07) is 15.2. The van der Waals surface area contributed by atoms with E-state index < -0.39 is 6.10 Å². The Kier molecular flexibility index (Phi) is 4.95. The van der Waals surface area contributed by atoms with Crippen molar-refractivity contribution in [3.05, 3.63) is 82.1 Å². The minimum atomic E-state index is -0.546. The van der Waals surface area contributed by atoms with E-state index in [1.807, 2.05) is 48.5 Å². The number of carbonyl (C=O) groups excluding carboxylic acids is 1. The molecule has 1 unspecified atom stereocenters. The first-order valence-electron chi connectivity index (χ1n) is 8.08. The van der Waals surface area contributed by atoms with E-state index in [0.717, 1.165) is 10.6 Å². The molecule has 3 aromatic rings. The number of pyridine rings is 1. The van der Waals surface area contributed by atoms with Crippen LogP contribution in [0.25, 0.3) is 0 Å². The first-order valence-corrected chi connectivity index (χ1v) is 8.90. The summed E-state index contributed by atoms with van der Waals surface area (Å²) in [6.07, 6.45) is 2.74. The van der Waals surface area contributed by atoms with E-state index in [2.05, 4.69) is 30.7 Å². The van der Waals surface area contributed by atoms with Gasteiger partial charge in [-0.2, -0.15) is 0 Å². The number of nitrogens with zero attached hydrogens (tertiary/aromatic N) is 2. The first kappa shape index (κ1) is 17.3. The van der Waals surface area contributed by atoms with Crippen LogP contribution in [0.4, 0.5) is 0 Å². The van der Waals surface area contributed by atoms with E-state index in [1.165, 1.54) is 11.3 Å². The Hall–Kier alpha value is -2.53. The van der Waals surface area contributed by atoms with Gasteiger partial charge in [-0.25, -0.2) is 9.78 Å². The van der Waals surface area contributed by atoms with Gasteiger partial charge >= 0.3 is 5.97 Å². The smallest absolute Gasteiger partial charge is 0.350 e. The van der Waals surface area contributed by atoms with Gasteiger partial charge in [0.15, 0.2) is 6.10 Å². The second-order valence-corrected chi connectivity index (χ2v) is 7.76. The van der Waals surface area contributed by atoms with E-state index in [0.29, 0.717) is 10.6 Å². The average molecular weight is 352 g/mol. The van der Waals surface area contributed by atoms with Gasteiger partial charge in [-0.1, -0.05) is 57.2 Å². The maximum Gasteiger partial charge on any atom is 0.350 e. The summed E-state index contributed by atoms with van der Waals surface area (Å²) in [4.78, 5) is 21.9. The normalized spacial score (nSPS) is 12.6. The summed E-state index contributed by atoms with van der Waals surface area (Å²) in [5, 5.41) is 0.911. The summed E-state index contributed by atoms with van der Waals surface area (Å²) in [7, 11) is 0. The van der Waals surface area contributed by atoms with Crippen molar-refractivity contribution in [3.63, 3.8) is 0 Å². The molecule has 25 heavy (non-hydrogen) atoms. The van der Waals surface area contributed by atoms with Crippen LogP contribution in [-0.4, -0.2) is 15.9 Å². The molecule has 0 bridgehead atoms. The fraction of sp³-hybridized carbons (Fsp3) is 0.250. The van der Waals surface area contributed by atoms with Crippen molar-refractivity contribution in [2.75, 3.05) is 0 Å². The number of thiazole rings is 1. The van der Waals surface area contributed by atoms with Crippen molar-refractivity contribution in [1.82, 2.24) is 9.97 Å². The van der Waals surface area contributed by atoms with Gasteiger partial charge < -0.3 is 4.74 Å². The van der Waals surface area contributed by atoms with E-state index in [9.17, 15) is 4.79 Å². The number of aromatic nitrogens is 2. The molecule has 0 aliphatic carbocycles. The Labute approximate surface area is 151 Å². The Morgan fingerprint density at radius 2 is 1.76 bits per heavy atom. The Morgan fingerprint density at radius 1 is 1.04 bits per heavy atom. The van der Waals surface area contributed by atoms with Gasteiger partial charge in [0.1, 0.15) is 4.88 Å². The van der Waals surface area contributed by atoms with Gasteiger partial charge in [0.05, 0.1) is 16.9 Å². The zero-order valence-corrected chi connectivity index (χ0v) is 15.3. The summed E-state index contributed by atoms with van der Waals surface area (Å²) < 4.78 is 5.80. The van der Waals surface area contributed by atoms with Crippen molar-refractivity contribution in [3.8, 4) is 0 Å². The van der Waals surface area contributed by atoms with Gasteiger partial charge in [-0.3, -0.25) is 4.98 Å². The minimum absolute atomic E-state index is 0.0942. The molecular weight excluding hydrogens is 332 g/mol. The van der Waals surface area contributed by atoms with Crippen LogP contribution in [0.3, 0.4) is 0 Å². The van der Waals surface area contributed by atoms with Gasteiger partial charge in [0.2, 0.25) is 0 Å². The lowest BCUT2D eigenvalue weighted by Gasteiger charge is -2.17. The predicted octanol–water partition coefficient (Wildman–Crippen LogP) is 4.78. The number of esters is 1. The molecule has 2 aromatic heterocycles. The quantitative estimate of drug-likeness (QED) is 0.634. The van der Waals surface area contributed by atoms with E-state index in [1.54, 1.807) is 12.4 Å². The lowest BCUT2D eigenvalue weighted by molar-refractivity contribution is 0.0376. The Balaban J connectivity index is 1.88. The Morgan fingerprint density at radius 3 is 2.36 bits per heavy atom. The summed E-state index contributed by atoms with van der Waals surface area (Å²) in [6.45, 7) is 6.21. The molecule has 0 aliphatic rings. The van der Waals surface area contributed by atoms with Crippen molar-refractivity contribution in [2.24, 2.45) is 0 Å². The first-order chi connectivity index (χ1) is 11.9. The van der Waals surface area contributed by atoms with E-state index in [-0.39, 0.29) is 11.4 Å². The fourth-order valence-electron chi connectivity index (χ4n) is 2.34. The average Bonchev–Trinajstić information content (AvgIpc) is 3.12. The molecule has 0 N–H and O–H groups in total. The maximum absolute atomic E-state index is 12.7. The number of benzene rings is 1. The largest absolute Gasteiger partial charge is 0.447 e. The standard InChI is InChI=1S/C20H20N2O2S/c1-20(2,3)19-22-13-16(25-19)18(23)24-17(14-9-5-4-6-10-14)15-11-7-8-12-21-15/h4-13,17H,1-3H3. The van der Waals surface area contributed by atoms with Crippen LogP contribution in [-0.2, 0) is 10.2 Å². The lowest BCUT2D eigenvalue weighted by Crippen LogP contribution is -2.13. The van der Waals surface area contributed by atoms with Gasteiger partial charge in [0.25, 0.3) is 0 Å². The highest BCUT2D eigenvalue weighted by Crippen LogP contribution is 2.30. The van der Waals surface area contributed by atoms with Crippen LogP contribution in [0.2, 0.25) is 0 Å². The minimum Gasteiger partial charge on any atom is -0.447 e. The lowest BCUT2D eigenvalue weighted by atomic mass is 9.98. The van der Waals surface area contributed by atoms with Crippen LogP contribution in [0.15, 0.2) is 60.9 Å². The van der Waals surface area contributed by atoms with Gasteiger partial charge in [0, 0.05) is 11.6 Å². The molecule has 0 radical (unpaired) electrons. The van der Waals surface area contributed by atoms with Gasteiger partial charge in [-0.05, 0) is 17.7 Å². The highest BCUT2D eigenvalue weighted by Gasteiger charge is 2.25. The number of carbonyl (C=O) groups is 1. The van der Waals surface area contributed by atoms with Crippen molar-refractivity contribution >= 4 is 17.3 Å². The van der Waals surface area contributed by atoms with Crippen LogP contribution in [0, 0.1) is 0 Å². The van der Waals surface area contributed by atoms with Crippen LogP contribution in [0.5, 0.6) is 0 Å². The molecule has 128 valence electrons. The number of ether oxygens (including phenoxy) is 1. The van der Waals surface area contributed by atoms with Gasteiger partial charge in [-0.15, -0.1) is 11.3 Å². The fourth-order valence-corrected chi connectivity index (χ4v) is 3.20. The third-order valence-corrected chi connectivity index (χ3v) is 5.04. The molecule has 2 heterocycles.